The van der Waals surface area contributed by atoms with Crippen molar-refractivity contribution < 1.29 is 14.3 Å². The zero-order chi connectivity index (χ0) is 27.2. The molecule has 3 aromatic carbocycles. The number of fused-ring (bicyclic) bond motifs is 1. The number of esters is 1. The molecule has 0 fully saturated rings. The summed E-state index contributed by atoms with van der Waals surface area (Å²) in [5.74, 6) is 0.311. The third kappa shape index (κ3) is 5.83. The Balaban J connectivity index is 1.36. The number of para-hydroxylation sites is 1. The van der Waals surface area contributed by atoms with Gasteiger partial charge in [0.25, 0.3) is 0 Å². The Bertz CT molecular complexity index is 1620. The van der Waals surface area contributed by atoms with Crippen LogP contribution >= 0.6 is 11.8 Å². The number of carbonyl (C=O) groups is 2. The number of pyridine rings is 1. The SMILES string of the molecule is CCOC(=O)c1ccc(NC(=O)CSc2nnc(-c3cc(-c4ccccc4)nc4ccccc34)n2CC)cc1. The highest BCUT2D eigenvalue weighted by Crippen LogP contribution is 2.33. The summed E-state index contributed by atoms with van der Waals surface area (Å²) >= 11 is 1.32. The van der Waals surface area contributed by atoms with Gasteiger partial charge in [-0.3, -0.25) is 4.79 Å². The van der Waals surface area contributed by atoms with E-state index in [4.69, 9.17) is 9.72 Å². The van der Waals surface area contributed by atoms with Crippen LogP contribution in [0.15, 0.2) is 90.1 Å². The standard InChI is InChI=1S/C30H27N5O3S/c1-3-35-28(24-18-26(20-10-6-5-7-11-20)32-25-13-9-8-12-23(24)25)33-34-30(35)39-19-27(36)31-22-16-14-21(15-17-22)29(37)38-4-2/h5-18H,3-4,19H2,1-2H3,(H,31,36). The molecule has 1 amide bonds. The summed E-state index contributed by atoms with van der Waals surface area (Å²) in [4.78, 5) is 29.4. The van der Waals surface area contributed by atoms with Crippen LogP contribution < -0.4 is 5.32 Å². The Morgan fingerprint density at radius 2 is 1.67 bits per heavy atom. The number of ether oxygens (including phenoxy) is 1. The average molecular weight is 538 g/mol. The number of aromatic nitrogens is 4. The molecule has 0 aliphatic rings. The van der Waals surface area contributed by atoms with Gasteiger partial charge in [-0.15, -0.1) is 10.2 Å². The van der Waals surface area contributed by atoms with Crippen LogP contribution in [-0.4, -0.2) is 44.0 Å². The van der Waals surface area contributed by atoms with Crippen molar-refractivity contribution in [2.75, 3.05) is 17.7 Å². The molecule has 0 spiro atoms. The van der Waals surface area contributed by atoms with Crippen molar-refractivity contribution in [2.24, 2.45) is 0 Å². The van der Waals surface area contributed by atoms with E-state index in [1.807, 2.05) is 66.1 Å². The number of nitrogens with zero attached hydrogens (tertiary/aromatic N) is 4. The maximum atomic E-state index is 12.7. The number of amides is 1. The lowest BCUT2D eigenvalue weighted by Crippen LogP contribution is -2.15. The molecule has 2 aromatic heterocycles. The minimum absolute atomic E-state index is 0.157. The van der Waals surface area contributed by atoms with E-state index in [9.17, 15) is 9.59 Å². The molecule has 5 rings (SSSR count). The van der Waals surface area contributed by atoms with Crippen LogP contribution in [0, 0.1) is 0 Å². The van der Waals surface area contributed by atoms with E-state index < -0.39 is 5.97 Å². The molecule has 9 heteroatoms. The van der Waals surface area contributed by atoms with Gasteiger partial charge in [0.05, 0.1) is 29.1 Å². The molecule has 0 bridgehead atoms. The summed E-state index contributed by atoms with van der Waals surface area (Å²) in [6.45, 7) is 4.74. The summed E-state index contributed by atoms with van der Waals surface area (Å²) < 4.78 is 7.01. The van der Waals surface area contributed by atoms with Gasteiger partial charge in [-0.2, -0.15) is 0 Å². The van der Waals surface area contributed by atoms with Gasteiger partial charge in [0.2, 0.25) is 5.91 Å². The summed E-state index contributed by atoms with van der Waals surface area (Å²) in [6.07, 6.45) is 0. The fourth-order valence-electron chi connectivity index (χ4n) is 4.23. The van der Waals surface area contributed by atoms with Crippen molar-refractivity contribution in [1.29, 1.82) is 0 Å². The number of carbonyl (C=O) groups excluding carboxylic acids is 2. The molecule has 0 radical (unpaired) electrons. The van der Waals surface area contributed by atoms with E-state index in [-0.39, 0.29) is 11.7 Å². The van der Waals surface area contributed by atoms with Crippen molar-refractivity contribution in [3.05, 3.63) is 90.5 Å². The minimum atomic E-state index is -0.390. The van der Waals surface area contributed by atoms with Gasteiger partial charge < -0.3 is 14.6 Å². The highest BCUT2D eigenvalue weighted by molar-refractivity contribution is 7.99. The third-order valence-corrected chi connectivity index (χ3v) is 7.04. The Kier molecular flexibility index (Phi) is 7.98. The molecule has 5 aromatic rings. The third-order valence-electron chi connectivity index (χ3n) is 6.07. The number of nitrogens with one attached hydrogen (secondary N) is 1. The van der Waals surface area contributed by atoms with Crippen molar-refractivity contribution in [1.82, 2.24) is 19.7 Å². The molecular formula is C30H27N5O3S. The van der Waals surface area contributed by atoms with Crippen molar-refractivity contribution in [3.63, 3.8) is 0 Å². The summed E-state index contributed by atoms with van der Waals surface area (Å²) in [6, 6.07) is 26.7. The van der Waals surface area contributed by atoms with Crippen LogP contribution in [0.1, 0.15) is 24.2 Å². The van der Waals surface area contributed by atoms with E-state index in [0.717, 1.165) is 33.5 Å². The van der Waals surface area contributed by atoms with E-state index in [0.29, 0.717) is 29.6 Å². The molecule has 2 heterocycles. The fourth-order valence-corrected chi connectivity index (χ4v) is 5.03. The van der Waals surface area contributed by atoms with E-state index in [2.05, 4.69) is 21.6 Å². The molecule has 0 saturated carbocycles. The fraction of sp³-hybridized carbons (Fsp3) is 0.167. The number of benzene rings is 3. The predicted octanol–water partition coefficient (Wildman–Crippen LogP) is 6.09. The van der Waals surface area contributed by atoms with Gasteiger partial charge >= 0.3 is 5.97 Å². The molecule has 0 atom stereocenters. The van der Waals surface area contributed by atoms with Gasteiger partial charge in [0.15, 0.2) is 11.0 Å². The Morgan fingerprint density at radius 1 is 0.923 bits per heavy atom. The Labute approximate surface area is 230 Å². The van der Waals surface area contributed by atoms with Crippen LogP contribution in [0.25, 0.3) is 33.5 Å². The van der Waals surface area contributed by atoms with Gasteiger partial charge in [0, 0.05) is 28.7 Å². The summed E-state index contributed by atoms with van der Waals surface area (Å²) in [7, 11) is 0. The van der Waals surface area contributed by atoms with Crippen LogP contribution in [0.3, 0.4) is 0 Å². The molecular weight excluding hydrogens is 510 g/mol. The summed E-state index contributed by atoms with van der Waals surface area (Å²) in [5, 5.41) is 13.5. The topological polar surface area (TPSA) is 99.0 Å². The number of hydrogen-bond donors (Lipinski definition) is 1. The quantitative estimate of drug-likeness (QED) is 0.179. The molecule has 0 saturated heterocycles. The van der Waals surface area contributed by atoms with Gasteiger partial charge in [-0.25, -0.2) is 9.78 Å². The number of hydrogen-bond acceptors (Lipinski definition) is 7. The van der Waals surface area contributed by atoms with Crippen LogP contribution in [-0.2, 0) is 16.1 Å². The molecule has 1 N–H and O–H groups in total. The van der Waals surface area contributed by atoms with E-state index in [1.165, 1.54) is 11.8 Å². The summed E-state index contributed by atoms with van der Waals surface area (Å²) in [5.41, 5.74) is 4.73. The van der Waals surface area contributed by atoms with E-state index >= 15 is 0 Å². The Morgan fingerprint density at radius 3 is 2.41 bits per heavy atom. The number of rotatable bonds is 9. The highest BCUT2D eigenvalue weighted by atomic mass is 32.2. The molecule has 8 nitrogen and oxygen atoms in total. The van der Waals surface area contributed by atoms with Gasteiger partial charge in [0.1, 0.15) is 0 Å². The first-order valence-corrected chi connectivity index (χ1v) is 13.6. The van der Waals surface area contributed by atoms with Crippen molar-refractivity contribution >= 4 is 40.2 Å². The van der Waals surface area contributed by atoms with Crippen molar-refractivity contribution in [3.8, 4) is 22.6 Å². The first kappa shape index (κ1) is 26.1. The number of thioether (sulfide) groups is 1. The molecule has 196 valence electrons. The lowest BCUT2D eigenvalue weighted by molar-refractivity contribution is -0.113. The van der Waals surface area contributed by atoms with E-state index in [1.54, 1.807) is 31.2 Å². The largest absolute Gasteiger partial charge is 0.462 e. The van der Waals surface area contributed by atoms with Gasteiger partial charge in [-0.1, -0.05) is 60.3 Å². The predicted molar refractivity (Wildman–Crippen MR) is 154 cm³/mol. The van der Waals surface area contributed by atoms with Crippen LogP contribution in [0.5, 0.6) is 0 Å². The molecule has 39 heavy (non-hydrogen) atoms. The highest BCUT2D eigenvalue weighted by Gasteiger charge is 2.18. The lowest BCUT2D eigenvalue weighted by Gasteiger charge is -2.12. The number of anilines is 1. The molecule has 0 aliphatic carbocycles. The van der Waals surface area contributed by atoms with Crippen LogP contribution in [0.2, 0.25) is 0 Å². The Hall–Kier alpha value is -4.50. The lowest BCUT2D eigenvalue weighted by atomic mass is 10.0. The monoisotopic (exact) mass is 537 g/mol. The normalized spacial score (nSPS) is 10.9. The minimum Gasteiger partial charge on any atom is -0.462 e. The second kappa shape index (κ2) is 11.9. The zero-order valence-corrected chi connectivity index (χ0v) is 22.4. The smallest absolute Gasteiger partial charge is 0.338 e. The molecule has 0 unspecified atom stereocenters. The first-order valence-electron chi connectivity index (χ1n) is 12.7. The second-order valence-corrected chi connectivity index (χ2v) is 9.57. The zero-order valence-electron chi connectivity index (χ0n) is 21.6. The van der Waals surface area contributed by atoms with Gasteiger partial charge in [-0.05, 0) is 50.2 Å². The molecule has 0 aliphatic heterocycles. The maximum absolute atomic E-state index is 12.7. The average Bonchev–Trinajstić information content (AvgIpc) is 3.39. The van der Waals surface area contributed by atoms with Crippen LogP contribution in [0.4, 0.5) is 5.69 Å². The van der Waals surface area contributed by atoms with Crippen molar-refractivity contribution in [2.45, 2.75) is 25.5 Å². The second-order valence-electron chi connectivity index (χ2n) is 8.62. The maximum Gasteiger partial charge on any atom is 0.338 e. The first-order chi connectivity index (χ1) is 19.1.